The van der Waals surface area contributed by atoms with E-state index < -0.39 is 21.5 Å². The number of aliphatic hydroxyl groups is 1. The third kappa shape index (κ3) is 3.28. The third-order valence-corrected chi connectivity index (χ3v) is 7.36. The third-order valence-electron chi connectivity index (χ3n) is 6.01. The van der Waals surface area contributed by atoms with Gasteiger partial charge in [0, 0.05) is 5.69 Å². The molecule has 0 saturated carbocycles. The highest BCUT2D eigenvalue weighted by Crippen LogP contribution is 2.38. The molecule has 2 aromatic rings. The van der Waals surface area contributed by atoms with Crippen LogP contribution in [0.5, 0.6) is 5.88 Å². The standard InChI is InChI=1S/C20H25N5O4S/c1-20(27)10-25-18(29-11-20)16(9-22-25)30(21,28)24-19(26)23-17-14-6-2-4-12(14)8-13-5-3-7-15(13)17/h8-9,27H,2-7,10-11H2,1H3,(H3,21,23,24,26,28)/t20-,30?/m1/s1. The molecule has 2 atom stereocenters. The van der Waals surface area contributed by atoms with Gasteiger partial charge in [0.1, 0.15) is 17.1 Å². The van der Waals surface area contributed by atoms with Crippen molar-refractivity contribution in [3.8, 4) is 5.88 Å². The number of carbonyl (C=O) groups is 1. The van der Waals surface area contributed by atoms with Gasteiger partial charge in [0.15, 0.2) is 9.92 Å². The molecule has 2 heterocycles. The van der Waals surface area contributed by atoms with E-state index in [-0.39, 0.29) is 23.9 Å². The lowest BCUT2D eigenvalue weighted by Crippen LogP contribution is -2.41. The molecule has 0 saturated heterocycles. The Hall–Kier alpha value is -2.43. The Morgan fingerprint density at radius 3 is 2.63 bits per heavy atom. The number of aryl methyl sites for hydroxylation is 2. The first-order valence-electron chi connectivity index (χ1n) is 10.2. The van der Waals surface area contributed by atoms with Crippen molar-refractivity contribution in [1.82, 2.24) is 9.78 Å². The number of ether oxygens (including phenoxy) is 1. The van der Waals surface area contributed by atoms with Crippen LogP contribution in [-0.2, 0) is 42.1 Å². The molecule has 1 unspecified atom stereocenters. The Morgan fingerprint density at radius 1 is 1.30 bits per heavy atom. The molecule has 2 amide bonds. The second-order valence-corrected chi connectivity index (χ2v) is 10.3. The van der Waals surface area contributed by atoms with Crippen molar-refractivity contribution < 1.29 is 18.8 Å². The minimum atomic E-state index is -3.57. The monoisotopic (exact) mass is 431 g/mol. The van der Waals surface area contributed by atoms with E-state index in [4.69, 9.17) is 9.88 Å². The number of anilines is 1. The molecule has 5 rings (SSSR count). The zero-order valence-corrected chi connectivity index (χ0v) is 17.6. The molecule has 9 nitrogen and oxygen atoms in total. The maximum atomic E-state index is 13.1. The summed E-state index contributed by atoms with van der Waals surface area (Å²) in [5.74, 6) is 0.173. The smallest absolute Gasteiger partial charge is 0.354 e. The predicted octanol–water partition coefficient (Wildman–Crippen LogP) is 1.94. The van der Waals surface area contributed by atoms with Gasteiger partial charge in [-0.2, -0.15) is 5.10 Å². The number of urea groups is 1. The Kier molecular flexibility index (Phi) is 4.42. The molecule has 1 aliphatic heterocycles. The van der Waals surface area contributed by atoms with Crippen molar-refractivity contribution in [2.24, 2.45) is 9.50 Å². The maximum absolute atomic E-state index is 13.1. The van der Waals surface area contributed by atoms with Gasteiger partial charge in [-0.25, -0.2) is 18.8 Å². The van der Waals surface area contributed by atoms with Crippen molar-refractivity contribution in [3.05, 3.63) is 34.5 Å². The molecule has 2 aliphatic carbocycles. The number of aromatic nitrogens is 2. The number of carbonyl (C=O) groups excluding carboxylic acids is 1. The number of hydrogen-bond acceptors (Lipinski definition) is 5. The average Bonchev–Trinajstić information content (AvgIpc) is 3.38. The average molecular weight is 432 g/mol. The van der Waals surface area contributed by atoms with E-state index in [1.807, 2.05) is 0 Å². The molecule has 0 radical (unpaired) electrons. The van der Waals surface area contributed by atoms with Crippen LogP contribution in [0.25, 0.3) is 0 Å². The van der Waals surface area contributed by atoms with E-state index in [0.717, 1.165) is 55.3 Å². The number of nitrogens with zero attached hydrogens (tertiary/aromatic N) is 3. The van der Waals surface area contributed by atoms with Crippen LogP contribution in [-0.4, -0.2) is 37.3 Å². The van der Waals surface area contributed by atoms with Gasteiger partial charge in [-0.3, -0.25) is 0 Å². The van der Waals surface area contributed by atoms with Gasteiger partial charge < -0.3 is 15.2 Å². The molecule has 30 heavy (non-hydrogen) atoms. The molecule has 10 heteroatoms. The lowest BCUT2D eigenvalue weighted by Gasteiger charge is -2.29. The summed E-state index contributed by atoms with van der Waals surface area (Å²) in [6.45, 7) is 1.80. The number of fused-ring (bicyclic) bond motifs is 3. The molecule has 1 aromatic heterocycles. The number of nitrogens with two attached hydrogens (primary N) is 1. The summed E-state index contributed by atoms with van der Waals surface area (Å²) < 4.78 is 23.8. The van der Waals surface area contributed by atoms with E-state index in [0.29, 0.717) is 0 Å². The molecular formula is C20H25N5O4S. The van der Waals surface area contributed by atoms with E-state index >= 15 is 0 Å². The minimum Gasteiger partial charge on any atom is -0.474 e. The molecule has 3 aliphatic rings. The van der Waals surface area contributed by atoms with E-state index in [9.17, 15) is 14.1 Å². The van der Waals surface area contributed by atoms with Gasteiger partial charge in [-0.05, 0) is 67.7 Å². The number of hydrogen-bond donors (Lipinski definition) is 3. The quantitative estimate of drug-likeness (QED) is 0.668. The van der Waals surface area contributed by atoms with Crippen LogP contribution in [0, 0.1) is 0 Å². The molecule has 160 valence electrons. The molecule has 0 spiro atoms. The van der Waals surface area contributed by atoms with Crippen molar-refractivity contribution in [2.75, 3.05) is 11.9 Å². The van der Waals surface area contributed by atoms with Crippen molar-refractivity contribution >= 4 is 21.6 Å². The SMILES string of the molecule is C[C@]1(O)COc2c(S(N)(=O)=NC(=O)Nc3c4c(cc5c3CCC5)CCC4)cnn2C1. The molecule has 1 aromatic carbocycles. The Bertz CT molecular complexity index is 1140. The number of benzene rings is 1. The number of amides is 2. The normalized spacial score (nSPS) is 23.7. The summed E-state index contributed by atoms with van der Waals surface area (Å²) in [6, 6.07) is 1.54. The Morgan fingerprint density at radius 2 is 1.97 bits per heavy atom. The fourth-order valence-corrected chi connectivity index (χ4v) is 5.68. The lowest BCUT2D eigenvalue weighted by molar-refractivity contribution is -0.0325. The van der Waals surface area contributed by atoms with Crippen LogP contribution in [0.2, 0.25) is 0 Å². The van der Waals surface area contributed by atoms with Crippen LogP contribution >= 0.6 is 0 Å². The second kappa shape index (κ2) is 6.79. The first kappa shape index (κ1) is 19.5. The summed E-state index contributed by atoms with van der Waals surface area (Å²) >= 11 is 0. The highest BCUT2D eigenvalue weighted by Gasteiger charge is 2.33. The molecule has 4 N–H and O–H groups in total. The summed E-state index contributed by atoms with van der Waals surface area (Å²) in [4.78, 5) is 12.8. The van der Waals surface area contributed by atoms with Crippen LogP contribution in [0.15, 0.2) is 21.5 Å². The summed E-state index contributed by atoms with van der Waals surface area (Å²) in [5, 5.41) is 23.0. The van der Waals surface area contributed by atoms with Crippen molar-refractivity contribution in [3.63, 3.8) is 0 Å². The van der Waals surface area contributed by atoms with Crippen LogP contribution in [0.4, 0.5) is 10.5 Å². The second-order valence-electron chi connectivity index (χ2n) is 8.58. The molecular weight excluding hydrogens is 406 g/mol. The van der Waals surface area contributed by atoms with Gasteiger partial charge >= 0.3 is 6.03 Å². The zero-order chi connectivity index (χ0) is 21.1. The molecule has 0 bridgehead atoms. The fourth-order valence-electron chi connectivity index (χ4n) is 4.68. The topological polar surface area (TPSA) is 132 Å². The largest absolute Gasteiger partial charge is 0.474 e. The zero-order valence-electron chi connectivity index (χ0n) is 16.8. The summed E-state index contributed by atoms with van der Waals surface area (Å²) in [7, 11) is -3.57. The summed E-state index contributed by atoms with van der Waals surface area (Å²) in [6.07, 6.45) is 7.28. The van der Waals surface area contributed by atoms with E-state index in [1.165, 1.54) is 22.0 Å². The van der Waals surface area contributed by atoms with Crippen molar-refractivity contribution in [2.45, 2.75) is 62.5 Å². The first-order valence-corrected chi connectivity index (χ1v) is 11.7. The highest BCUT2D eigenvalue weighted by atomic mass is 32.2. The lowest BCUT2D eigenvalue weighted by atomic mass is 9.99. The highest BCUT2D eigenvalue weighted by molar-refractivity contribution is 7.91. The van der Waals surface area contributed by atoms with Gasteiger partial charge in [0.25, 0.3) is 0 Å². The first-order chi connectivity index (χ1) is 14.2. The number of nitrogens with one attached hydrogen (secondary N) is 1. The maximum Gasteiger partial charge on any atom is 0.354 e. The van der Waals surface area contributed by atoms with E-state index in [2.05, 4.69) is 20.8 Å². The van der Waals surface area contributed by atoms with Crippen molar-refractivity contribution in [1.29, 1.82) is 0 Å². The van der Waals surface area contributed by atoms with Gasteiger partial charge in [0.05, 0.1) is 12.7 Å². The van der Waals surface area contributed by atoms with Crippen LogP contribution < -0.4 is 15.2 Å². The fraction of sp³-hybridized carbons (Fsp3) is 0.500. The van der Waals surface area contributed by atoms with E-state index in [1.54, 1.807) is 6.92 Å². The van der Waals surface area contributed by atoms with Crippen LogP contribution in [0.3, 0.4) is 0 Å². The van der Waals surface area contributed by atoms with Crippen LogP contribution in [0.1, 0.15) is 42.0 Å². The van der Waals surface area contributed by atoms with Gasteiger partial charge in [0.2, 0.25) is 5.88 Å². The Balaban J connectivity index is 1.47. The number of rotatable bonds is 2. The minimum absolute atomic E-state index is 0.00962. The summed E-state index contributed by atoms with van der Waals surface area (Å²) in [5.41, 5.74) is 4.63. The predicted molar refractivity (Wildman–Crippen MR) is 111 cm³/mol. The van der Waals surface area contributed by atoms with Gasteiger partial charge in [-0.1, -0.05) is 6.07 Å². The Labute approximate surface area is 174 Å². The van der Waals surface area contributed by atoms with Gasteiger partial charge in [-0.15, -0.1) is 4.36 Å². The molecule has 0 fully saturated rings.